The van der Waals surface area contributed by atoms with Crippen LogP contribution >= 0.6 is 0 Å². The molecule has 0 radical (unpaired) electrons. The molecular weight excluding hydrogens is 365 g/mol. The van der Waals surface area contributed by atoms with E-state index in [1.807, 2.05) is 0 Å². The number of halogens is 3. The largest absolute Gasteiger partial charge is 0.481 e. The molecule has 1 heterocycles. The number of nitrogens with zero attached hydrogens (tertiary/aromatic N) is 1. The molecule has 0 saturated carbocycles. The SMILES string of the molecule is CC(C)(C)C(=O)Nc1ccccc1C(=O)N1C[C@@H](C(F)(F)F)[C@H](C(=O)O)C1. The second-order valence-electron chi connectivity index (χ2n) is 7.55. The Bertz CT molecular complexity index is 756. The fourth-order valence-corrected chi connectivity index (χ4v) is 2.81. The van der Waals surface area contributed by atoms with Crippen molar-refractivity contribution in [3.63, 3.8) is 0 Å². The maximum Gasteiger partial charge on any atom is 0.394 e. The summed E-state index contributed by atoms with van der Waals surface area (Å²) in [6.45, 7) is 3.76. The molecule has 0 aliphatic carbocycles. The van der Waals surface area contributed by atoms with E-state index in [1.54, 1.807) is 26.8 Å². The monoisotopic (exact) mass is 386 g/mol. The third kappa shape index (κ3) is 4.58. The Hall–Kier alpha value is -2.58. The maximum atomic E-state index is 13.1. The van der Waals surface area contributed by atoms with Gasteiger partial charge in [0.25, 0.3) is 5.91 Å². The quantitative estimate of drug-likeness (QED) is 0.836. The molecule has 1 fully saturated rings. The first-order valence-corrected chi connectivity index (χ1v) is 8.31. The van der Waals surface area contributed by atoms with Crippen molar-refractivity contribution < 1.29 is 32.7 Å². The number of carboxylic acid groups (broad SMARTS) is 1. The molecule has 9 heteroatoms. The van der Waals surface area contributed by atoms with Crippen LogP contribution in [0.5, 0.6) is 0 Å². The summed E-state index contributed by atoms with van der Waals surface area (Å²) in [7, 11) is 0. The summed E-state index contributed by atoms with van der Waals surface area (Å²) >= 11 is 0. The zero-order valence-electron chi connectivity index (χ0n) is 15.1. The van der Waals surface area contributed by atoms with Gasteiger partial charge in [0.1, 0.15) is 0 Å². The van der Waals surface area contributed by atoms with E-state index in [4.69, 9.17) is 5.11 Å². The lowest BCUT2D eigenvalue weighted by atomic mass is 9.95. The molecule has 1 saturated heterocycles. The first kappa shape index (κ1) is 20.7. The van der Waals surface area contributed by atoms with E-state index >= 15 is 0 Å². The van der Waals surface area contributed by atoms with Gasteiger partial charge in [0, 0.05) is 18.5 Å². The Labute approximate surface area is 154 Å². The van der Waals surface area contributed by atoms with Crippen LogP contribution in [0.2, 0.25) is 0 Å². The number of alkyl halides is 3. The zero-order chi connectivity index (χ0) is 20.6. The first-order chi connectivity index (χ1) is 12.3. The van der Waals surface area contributed by atoms with Gasteiger partial charge in [-0.15, -0.1) is 0 Å². The van der Waals surface area contributed by atoms with E-state index in [-0.39, 0.29) is 17.2 Å². The molecule has 0 spiro atoms. The van der Waals surface area contributed by atoms with Gasteiger partial charge in [0.05, 0.1) is 23.1 Å². The lowest BCUT2D eigenvalue weighted by molar-refractivity contribution is -0.187. The van der Waals surface area contributed by atoms with E-state index in [0.717, 1.165) is 4.90 Å². The van der Waals surface area contributed by atoms with Gasteiger partial charge in [-0.25, -0.2) is 0 Å². The highest BCUT2D eigenvalue weighted by Crippen LogP contribution is 2.38. The summed E-state index contributed by atoms with van der Waals surface area (Å²) < 4.78 is 39.4. The van der Waals surface area contributed by atoms with Gasteiger partial charge in [-0.3, -0.25) is 14.4 Å². The highest BCUT2D eigenvalue weighted by atomic mass is 19.4. The van der Waals surface area contributed by atoms with Crippen molar-refractivity contribution in [2.45, 2.75) is 26.9 Å². The Morgan fingerprint density at radius 1 is 1.11 bits per heavy atom. The van der Waals surface area contributed by atoms with Crippen LogP contribution < -0.4 is 5.32 Å². The van der Waals surface area contributed by atoms with Crippen LogP contribution in [0.1, 0.15) is 31.1 Å². The van der Waals surface area contributed by atoms with Crippen LogP contribution in [0.25, 0.3) is 0 Å². The predicted molar refractivity (Wildman–Crippen MR) is 91.1 cm³/mol. The number of rotatable bonds is 3. The second kappa shape index (κ2) is 7.21. The van der Waals surface area contributed by atoms with Crippen molar-refractivity contribution >= 4 is 23.5 Å². The molecule has 0 aromatic heterocycles. The molecule has 148 valence electrons. The summed E-state index contributed by atoms with van der Waals surface area (Å²) in [6, 6.07) is 5.96. The van der Waals surface area contributed by atoms with Gasteiger partial charge >= 0.3 is 12.1 Å². The van der Waals surface area contributed by atoms with Crippen LogP contribution in [-0.2, 0) is 9.59 Å². The zero-order valence-corrected chi connectivity index (χ0v) is 15.1. The lowest BCUT2D eigenvalue weighted by Crippen LogP contribution is -2.34. The molecule has 2 rings (SSSR count). The predicted octanol–water partition coefficient (Wildman–Crippen LogP) is 3.01. The number of amides is 2. The van der Waals surface area contributed by atoms with Crippen molar-refractivity contribution in [3.05, 3.63) is 29.8 Å². The Balaban J connectivity index is 2.29. The summed E-state index contributed by atoms with van der Waals surface area (Å²) in [5.74, 6) is -6.55. The fraction of sp³-hybridized carbons (Fsp3) is 0.500. The summed E-state index contributed by atoms with van der Waals surface area (Å²) in [6.07, 6.45) is -4.72. The highest BCUT2D eigenvalue weighted by Gasteiger charge is 2.53. The van der Waals surface area contributed by atoms with E-state index < -0.39 is 48.4 Å². The minimum absolute atomic E-state index is 0.0158. The van der Waals surface area contributed by atoms with Gasteiger partial charge in [-0.1, -0.05) is 32.9 Å². The van der Waals surface area contributed by atoms with Gasteiger partial charge in [-0.2, -0.15) is 13.2 Å². The van der Waals surface area contributed by atoms with Crippen molar-refractivity contribution in [2.24, 2.45) is 17.3 Å². The number of carboxylic acids is 1. The topological polar surface area (TPSA) is 86.7 Å². The lowest BCUT2D eigenvalue weighted by Gasteiger charge is -2.22. The van der Waals surface area contributed by atoms with Crippen molar-refractivity contribution in [2.75, 3.05) is 18.4 Å². The number of carbonyl (C=O) groups excluding carboxylic acids is 2. The van der Waals surface area contributed by atoms with E-state index in [1.165, 1.54) is 18.2 Å². The number of anilines is 1. The molecule has 1 aliphatic rings. The van der Waals surface area contributed by atoms with Crippen molar-refractivity contribution in [1.82, 2.24) is 4.90 Å². The number of para-hydroxylation sites is 1. The molecular formula is C18H21F3N2O4. The smallest absolute Gasteiger partial charge is 0.394 e. The number of likely N-dealkylation sites (tertiary alicyclic amines) is 1. The van der Waals surface area contributed by atoms with Crippen LogP contribution in [0.3, 0.4) is 0 Å². The van der Waals surface area contributed by atoms with Gasteiger partial charge in [0.2, 0.25) is 5.91 Å². The third-order valence-electron chi connectivity index (χ3n) is 4.43. The molecule has 1 aromatic rings. The highest BCUT2D eigenvalue weighted by molar-refractivity contribution is 6.05. The molecule has 2 amide bonds. The maximum absolute atomic E-state index is 13.1. The Morgan fingerprint density at radius 3 is 2.19 bits per heavy atom. The molecule has 1 aliphatic heterocycles. The van der Waals surface area contributed by atoms with Crippen LogP contribution in [0, 0.1) is 17.3 Å². The fourth-order valence-electron chi connectivity index (χ4n) is 2.81. The van der Waals surface area contributed by atoms with Crippen molar-refractivity contribution in [1.29, 1.82) is 0 Å². The number of benzene rings is 1. The molecule has 0 unspecified atom stereocenters. The van der Waals surface area contributed by atoms with Crippen LogP contribution in [0.4, 0.5) is 18.9 Å². The Kier molecular flexibility index (Phi) is 5.53. The number of nitrogens with one attached hydrogen (secondary N) is 1. The van der Waals surface area contributed by atoms with E-state index in [2.05, 4.69) is 5.32 Å². The van der Waals surface area contributed by atoms with Gasteiger partial charge < -0.3 is 15.3 Å². The first-order valence-electron chi connectivity index (χ1n) is 8.31. The molecule has 2 N–H and O–H groups in total. The minimum Gasteiger partial charge on any atom is -0.481 e. The third-order valence-corrected chi connectivity index (χ3v) is 4.43. The molecule has 1 aromatic carbocycles. The molecule has 6 nitrogen and oxygen atoms in total. The average molecular weight is 386 g/mol. The van der Waals surface area contributed by atoms with Crippen LogP contribution in [-0.4, -0.2) is 47.1 Å². The minimum atomic E-state index is -4.72. The molecule has 27 heavy (non-hydrogen) atoms. The molecule has 0 bridgehead atoms. The van der Waals surface area contributed by atoms with Gasteiger partial charge in [-0.05, 0) is 12.1 Å². The average Bonchev–Trinajstić information content (AvgIpc) is 2.99. The van der Waals surface area contributed by atoms with Crippen LogP contribution in [0.15, 0.2) is 24.3 Å². The number of aliphatic carboxylic acids is 1. The van der Waals surface area contributed by atoms with Gasteiger partial charge in [0.15, 0.2) is 0 Å². The van der Waals surface area contributed by atoms with Crippen molar-refractivity contribution in [3.8, 4) is 0 Å². The second-order valence-corrected chi connectivity index (χ2v) is 7.55. The number of hydrogen-bond acceptors (Lipinski definition) is 3. The van der Waals surface area contributed by atoms with E-state index in [9.17, 15) is 27.6 Å². The Morgan fingerprint density at radius 2 is 1.70 bits per heavy atom. The van der Waals surface area contributed by atoms with E-state index in [0.29, 0.717) is 0 Å². The normalized spacial score (nSPS) is 20.4. The standard InChI is InChI=1S/C18H21F3N2O4/c1-17(2,3)16(27)22-13-7-5-4-6-10(13)14(24)23-8-11(15(25)26)12(9-23)18(19,20)21/h4-7,11-12H,8-9H2,1-3H3,(H,22,27)(H,25,26)/t11-,12-/m1/s1. The summed E-state index contributed by atoms with van der Waals surface area (Å²) in [5.41, 5.74) is -0.550. The summed E-state index contributed by atoms with van der Waals surface area (Å²) in [4.78, 5) is 37.0. The summed E-state index contributed by atoms with van der Waals surface area (Å²) in [5, 5.41) is 11.7. The molecule has 2 atom stereocenters. The number of carbonyl (C=O) groups is 3. The number of hydrogen-bond donors (Lipinski definition) is 2.